The van der Waals surface area contributed by atoms with Crippen LogP contribution in [0.15, 0.2) is 51.7 Å². The van der Waals surface area contributed by atoms with Crippen LogP contribution in [-0.4, -0.2) is 32.6 Å². The van der Waals surface area contributed by atoms with Crippen molar-refractivity contribution in [3.05, 3.63) is 70.0 Å². The maximum atomic E-state index is 12.7. The Labute approximate surface area is 143 Å². The second-order valence-electron chi connectivity index (χ2n) is 5.38. The van der Waals surface area contributed by atoms with E-state index in [0.29, 0.717) is 12.4 Å². The van der Waals surface area contributed by atoms with E-state index in [1.165, 1.54) is 16.2 Å². The Balaban J connectivity index is 1.81. The average molecular weight is 343 g/mol. The Bertz CT molecular complexity index is 787. The zero-order valence-corrected chi connectivity index (χ0v) is 13.9. The van der Waals surface area contributed by atoms with Gasteiger partial charge in [0.15, 0.2) is 0 Å². The number of carbonyl (C=O) groups excluding carboxylic acids is 1. The second-order valence-corrected chi connectivity index (χ2v) is 6.16. The lowest BCUT2D eigenvalue weighted by atomic mass is 10.1. The van der Waals surface area contributed by atoms with Gasteiger partial charge in [0, 0.05) is 13.5 Å². The minimum Gasteiger partial charge on any atom is -0.387 e. The highest BCUT2D eigenvalue weighted by atomic mass is 32.1. The van der Waals surface area contributed by atoms with Crippen LogP contribution in [0.2, 0.25) is 0 Å². The van der Waals surface area contributed by atoms with Gasteiger partial charge < -0.3 is 14.5 Å². The Morgan fingerprint density at radius 3 is 2.75 bits per heavy atom. The Morgan fingerprint density at radius 1 is 1.33 bits per heavy atom. The summed E-state index contributed by atoms with van der Waals surface area (Å²) in [5, 5.41) is 17.9. The van der Waals surface area contributed by atoms with E-state index in [1.807, 2.05) is 47.2 Å². The van der Waals surface area contributed by atoms with Crippen LogP contribution >= 0.6 is 11.3 Å². The van der Waals surface area contributed by atoms with Crippen molar-refractivity contribution in [1.29, 1.82) is 0 Å². The number of nitrogens with zero attached hydrogens (tertiary/aromatic N) is 3. The van der Waals surface area contributed by atoms with E-state index in [9.17, 15) is 9.90 Å². The van der Waals surface area contributed by atoms with Crippen molar-refractivity contribution in [3.8, 4) is 0 Å². The molecule has 0 saturated carbocycles. The van der Waals surface area contributed by atoms with Crippen molar-refractivity contribution in [2.45, 2.75) is 19.6 Å². The van der Waals surface area contributed by atoms with Gasteiger partial charge >= 0.3 is 0 Å². The fraction of sp³-hybridized carbons (Fsp3) is 0.235. The van der Waals surface area contributed by atoms with Crippen LogP contribution in [0.3, 0.4) is 0 Å². The summed E-state index contributed by atoms with van der Waals surface area (Å²) in [6.45, 7) is 2.14. The highest BCUT2D eigenvalue weighted by Crippen LogP contribution is 2.19. The third-order valence-corrected chi connectivity index (χ3v) is 4.25. The first-order valence-electron chi connectivity index (χ1n) is 7.47. The molecule has 2 aromatic heterocycles. The number of aliphatic hydroxyl groups excluding tert-OH is 1. The Morgan fingerprint density at radius 2 is 2.12 bits per heavy atom. The summed E-state index contributed by atoms with van der Waals surface area (Å²) in [7, 11) is 0. The molecule has 3 aromatic rings. The second kappa shape index (κ2) is 7.37. The molecule has 1 N–H and O–H groups in total. The molecule has 0 radical (unpaired) electrons. The molecule has 1 atom stereocenters. The Kier molecular flexibility index (Phi) is 5.02. The monoisotopic (exact) mass is 343 g/mol. The molecule has 3 rings (SSSR count). The molecule has 1 amide bonds. The summed E-state index contributed by atoms with van der Waals surface area (Å²) in [6, 6.07) is 11.4. The van der Waals surface area contributed by atoms with Gasteiger partial charge in [0.1, 0.15) is 0 Å². The lowest BCUT2D eigenvalue weighted by molar-refractivity contribution is 0.0590. The zero-order chi connectivity index (χ0) is 16.9. The smallest absolute Gasteiger partial charge is 0.295 e. The van der Waals surface area contributed by atoms with E-state index in [2.05, 4.69) is 10.1 Å². The van der Waals surface area contributed by atoms with E-state index in [1.54, 1.807) is 6.92 Å². The number of hydrogen-bond donors (Lipinski definition) is 1. The molecule has 6 nitrogen and oxygen atoms in total. The molecule has 7 heteroatoms. The minimum atomic E-state index is -0.767. The van der Waals surface area contributed by atoms with Crippen molar-refractivity contribution < 1.29 is 14.4 Å². The van der Waals surface area contributed by atoms with Crippen LogP contribution in [-0.2, 0) is 6.54 Å². The molecule has 0 bridgehead atoms. The topological polar surface area (TPSA) is 79.5 Å². The van der Waals surface area contributed by atoms with Gasteiger partial charge in [-0.2, -0.15) is 16.3 Å². The first kappa shape index (κ1) is 16.4. The molecule has 124 valence electrons. The first-order valence-corrected chi connectivity index (χ1v) is 8.41. The van der Waals surface area contributed by atoms with Gasteiger partial charge in [0.05, 0.1) is 12.6 Å². The third-order valence-electron chi connectivity index (χ3n) is 3.54. The van der Waals surface area contributed by atoms with Crippen molar-refractivity contribution in [3.63, 3.8) is 0 Å². The highest BCUT2D eigenvalue weighted by Gasteiger charge is 2.24. The molecule has 0 aliphatic heterocycles. The van der Waals surface area contributed by atoms with Crippen LogP contribution in [0.5, 0.6) is 0 Å². The summed E-state index contributed by atoms with van der Waals surface area (Å²) >= 11 is 1.50. The van der Waals surface area contributed by atoms with Crippen molar-refractivity contribution in [2.24, 2.45) is 0 Å². The van der Waals surface area contributed by atoms with E-state index >= 15 is 0 Å². The lowest BCUT2D eigenvalue weighted by Crippen LogP contribution is -2.35. The molecule has 0 fully saturated rings. The summed E-state index contributed by atoms with van der Waals surface area (Å²) < 4.78 is 4.89. The first-order chi connectivity index (χ1) is 11.6. The molecule has 2 heterocycles. The van der Waals surface area contributed by atoms with Crippen LogP contribution in [0.4, 0.5) is 0 Å². The number of aliphatic hydroxyl groups is 1. The number of benzene rings is 1. The molecule has 0 spiro atoms. The van der Waals surface area contributed by atoms with Gasteiger partial charge in [-0.25, -0.2) is 0 Å². The van der Waals surface area contributed by atoms with Crippen molar-refractivity contribution in [1.82, 2.24) is 15.0 Å². The number of rotatable bonds is 6. The van der Waals surface area contributed by atoms with Crippen molar-refractivity contribution >= 4 is 17.2 Å². The molecule has 0 aliphatic carbocycles. The summed E-state index contributed by atoms with van der Waals surface area (Å²) in [4.78, 5) is 18.2. The van der Waals surface area contributed by atoms with Gasteiger partial charge in [-0.15, -0.1) is 0 Å². The van der Waals surface area contributed by atoms with Gasteiger partial charge in [0.2, 0.25) is 5.89 Å². The van der Waals surface area contributed by atoms with Crippen LogP contribution in [0.25, 0.3) is 0 Å². The predicted octanol–water partition coefficient (Wildman–Crippen LogP) is 2.82. The van der Waals surface area contributed by atoms with E-state index in [4.69, 9.17) is 4.52 Å². The summed E-state index contributed by atoms with van der Waals surface area (Å²) in [5.74, 6) is -0.0395. The summed E-state index contributed by atoms with van der Waals surface area (Å²) in [5.41, 5.74) is 1.75. The SMILES string of the molecule is Cc1nc(C(=O)N(Cc2ccccc2)CC(O)c2ccsc2)no1. The molecular weight excluding hydrogens is 326 g/mol. The molecule has 0 aliphatic rings. The number of amides is 1. The maximum absolute atomic E-state index is 12.7. The average Bonchev–Trinajstić information content (AvgIpc) is 3.26. The number of hydrogen-bond acceptors (Lipinski definition) is 6. The molecule has 1 aromatic carbocycles. The van der Waals surface area contributed by atoms with E-state index < -0.39 is 6.10 Å². The summed E-state index contributed by atoms with van der Waals surface area (Å²) in [6.07, 6.45) is -0.767. The number of aryl methyl sites for hydroxylation is 1. The molecule has 1 unspecified atom stereocenters. The van der Waals surface area contributed by atoms with Crippen molar-refractivity contribution in [2.75, 3.05) is 6.54 Å². The maximum Gasteiger partial charge on any atom is 0.295 e. The van der Waals surface area contributed by atoms with E-state index in [-0.39, 0.29) is 18.3 Å². The quantitative estimate of drug-likeness (QED) is 0.744. The van der Waals surface area contributed by atoms with Gasteiger partial charge in [-0.3, -0.25) is 4.79 Å². The number of carbonyl (C=O) groups is 1. The Hall–Kier alpha value is -2.51. The van der Waals surface area contributed by atoms with Gasteiger partial charge in [0.25, 0.3) is 11.7 Å². The molecular formula is C17H17N3O3S. The third kappa shape index (κ3) is 3.87. The normalized spacial score (nSPS) is 12.1. The lowest BCUT2D eigenvalue weighted by Gasteiger charge is -2.24. The fourth-order valence-corrected chi connectivity index (χ4v) is 3.04. The number of thiophene rings is 1. The predicted molar refractivity (Wildman–Crippen MR) is 89.5 cm³/mol. The minimum absolute atomic E-state index is 0.000879. The van der Waals surface area contributed by atoms with Crippen LogP contribution < -0.4 is 0 Å². The van der Waals surface area contributed by atoms with E-state index in [0.717, 1.165) is 11.1 Å². The molecule has 24 heavy (non-hydrogen) atoms. The standard InChI is InChI=1S/C17H17N3O3S/c1-12-18-16(19-23-12)17(22)20(9-13-5-3-2-4-6-13)10-15(21)14-7-8-24-11-14/h2-8,11,15,21H,9-10H2,1H3. The van der Waals surface area contributed by atoms with Crippen LogP contribution in [0, 0.1) is 6.92 Å². The van der Waals surface area contributed by atoms with Gasteiger partial charge in [-0.1, -0.05) is 35.5 Å². The van der Waals surface area contributed by atoms with Gasteiger partial charge in [-0.05, 0) is 28.0 Å². The largest absolute Gasteiger partial charge is 0.387 e. The molecule has 0 saturated heterocycles. The highest BCUT2D eigenvalue weighted by molar-refractivity contribution is 7.07. The zero-order valence-electron chi connectivity index (χ0n) is 13.1. The fourth-order valence-electron chi connectivity index (χ4n) is 2.33. The number of aromatic nitrogens is 2. The van der Waals surface area contributed by atoms with Crippen LogP contribution in [0.1, 0.15) is 33.7 Å².